The molecule has 0 amide bonds. The first-order chi connectivity index (χ1) is 11.6. The molecule has 1 saturated heterocycles. The normalized spacial score (nSPS) is 21.2. The van der Waals surface area contributed by atoms with Crippen LogP contribution in [0, 0.1) is 6.92 Å². The van der Waals surface area contributed by atoms with Gasteiger partial charge in [-0.25, -0.2) is 12.7 Å². The van der Waals surface area contributed by atoms with E-state index in [4.69, 9.17) is 12.2 Å². The molecule has 6 nitrogen and oxygen atoms in total. The van der Waals surface area contributed by atoms with Crippen molar-refractivity contribution in [3.8, 4) is 0 Å². The summed E-state index contributed by atoms with van der Waals surface area (Å²) in [5.41, 5.74) is 1.69. The molecule has 0 unspecified atom stereocenters. The van der Waals surface area contributed by atoms with Crippen molar-refractivity contribution in [1.29, 1.82) is 0 Å². The van der Waals surface area contributed by atoms with Crippen molar-refractivity contribution >= 4 is 33.0 Å². The summed E-state index contributed by atoms with van der Waals surface area (Å²) in [5, 5.41) is 3.87. The van der Waals surface area contributed by atoms with Crippen molar-refractivity contribution in [3.05, 3.63) is 23.8 Å². The van der Waals surface area contributed by atoms with Gasteiger partial charge in [0.15, 0.2) is 5.11 Å². The Morgan fingerprint density at radius 1 is 1.24 bits per heavy atom. The van der Waals surface area contributed by atoms with Crippen LogP contribution in [0.1, 0.15) is 18.4 Å². The highest BCUT2D eigenvalue weighted by atomic mass is 32.2. The monoisotopic (exact) mass is 385 g/mol. The number of quaternary nitrogens is 1. The molecule has 0 spiro atoms. The van der Waals surface area contributed by atoms with Crippen LogP contribution in [0.25, 0.3) is 0 Å². The summed E-state index contributed by atoms with van der Waals surface area (Å²) in [6.45, 7) is 4.23. The van der Waals surface area contributed by atoms with Crippen LogP contribution >= 0.6 is 12.2 Å². The van der Waals surface area contributed by atoms with Crippen LogP contribution in [0.4, 0.5) is 5.69 Å². The maximum Gasteiger partial charge on any atom is 0.242 e. The Labute approximate surface area is 156 Å². The molecule has 25 heavy (non-hydrogen) atoms. The highest BCUT2D eigenvalue weighted by Crippen LogP contribution is 2.23. The molecule has 0 saturated carbocycles. The van der Waals surface area contributed by atoms with Crippen LogP contribution in [0.15, 0.2) is 23.1 Å². The third kappa shape index (κ3) is 4.69. The molecule has 1 fully saturated rings. The second-order valence-corrected chi connectivity index (χ2v) is 9.53. The van der Waals surface area contributed by atoms with Gasteiger partial charge in [0.1, 0.15) is 0 Å². The molecule has 0 radical (unpaired) electrons. The summed E-state index contributed by atoms with van der Waals surface area (Å²) < 4.78 is 25.9. The lowest BCUT2D eigenvalue weighted by Gasteiger charge is -2.35. The number of sulfonamides is 1. The van der Waals surface area contributed by atoms with Crippen LogP contribution in [-0.4, -0.2) is 70.1 Å². The molecule has 2 rings (SSSR count). The largest absolute Gasteiger partial charge is 0.349 e. The van der Waals surface area contributed by atoms with Gasteiger partial charge in [0.25, 0.3) is 0 Å². The van der Waals surface area contributed by atoms with E-state index in [9.17, 15) is 8.42 Å². The van der Waals surface area contributed by atoms with Crippen molar-refractivity contribution in [2.24, 2.45) is 0 Å². The molecule has 0 bridgehead atoms. The van der Waals surface area contributed by atoms with Gasteiger partial charge in [0.05, 0.1) is 25.0 Å². The Hall–Kier alpha value is -1.22. The van der Waals surface area contributed by atoms with Gasteiger partial charge in [-0.1, -0.05) is 6.07 Å². The fourth-order valence-electron chi connectivity index (χ4n) is 2.96. The van der Waals surface area contributed by atoms with Crippen LogP contribution in [0.3, 0.4) is 0 Å². The molecule has 8 heteroatoms. The third-order valence-corrected chi connectivity index (χ3v) is 7.11. The minimum Gasteiger partial charge on any atom is -0.349 e. The molecule has 0 aliphatic carbocycles. The molecule has 2 N–H and O–H groups in total. The highest BCUT2D eigenvalue weighted by Gasteiger charge is 2.25. The SMILES string of the molecule is Cc1ccc(S(=O)(=O)N(C)C)cc1NC(=S)N(C)C1CC[NH+](C)CC1. The second kappa shape index (κ2) is 7.99. The summed E-state index contributed by atoms with van der Waals surface area (Å²) >= 11 is 5.57. The number of thiocarbonyl (C=S) groups is 1. The molecule has 1 aromatic carbocycles. The maximum absolute atomic E-state index is 12.3. The Kier molecular flexibility index (Phi) is 6.42. The summed E-state index contributed by atoms with van der Waals surface area (Å²) in [5.74, 6) is 0. The molecule has 1 heterocycles. The zero-order valence-corrected chi connectivity index (χ0v) is 17.3. The number of nitrogens with one attached hydrogen (secondary N) is 2. The van der Waals surface area contributed by atoms with Gasteiger partial charge in [0, 0.05) is 45.7 Å². The summed E-state index contributed by atoms with van der Waals surface area (Å²) in [7, 11) is 3.82. The number of rotatable bonds is 4. The van der Waals surface area contributed by atoms with E-state index in [1.165, 1.54) is 18.4 Å². The van der Waals surface area contributed by atoms with Crippen molar-refractivity contribution in [2.75, 3.05) is 46.6 Å². The number of hydrogen-bond donors (Lipinski definition) is 2. The summed E-state index contributed by atoms with van der Waals surface area (Å²) in [6.07, 6.45) is 2.22. The fourth-order valence-corrected chi connectivity index (χ4v) is 4.15. The molecule has 140 valence electrons. The van der Waals surface area contributed by atoms with E-state index in [0.717, 1.165) is 37.2 Å². The molecule has 1 aliphatic rings. The topological polar surface area (TPSA) is 57.1 Å². The Morgan fingerprint density at radius 2 is 1.84 bits per heavy atom. The lowest BCUT2D eigenvalue weighted by Crippen LogP contribution is -3.10. The first-order valence-corrected chi connectivity index (χ1v) is 10.4. The fraction of sp³-hybridized carbons (Fsp3) is 0.588. The van der Waals surface area contributed by atoms with Crippen LogP contribution < -0.4 is 10.2 Å². The predicted molar refractivity (Wildman–Crippen MR) is 106 cm³/mol. The van der Waals surface area contributed by atoms with Crippen molar-refractivity contribution in [3.63, 3.8) is 0 Å². The van der Waals surface area contributed by atoms with Crippen LogP contribution in [0.2, 0.25) is 0 Å². The van der Waals surface area contributed by atoms with E-state index in [1.807, 2.05) is 14.0 Å². The Balaban J connectivity index is 2.15. The molecule has 0 atom stereocenters. The van der Waals surface area contributed by atoms with Gasteiger partial charge < -0.3 is 15.1 Å². The highest BCUT2D eigenvalue weighted by molar-refractivity contribution is 7.89. The average molecular weight is 386 g/mol. The average Bonchev–Trinajstić information content (AvgIpc) is 2.56. The number of anilines is 1. The number of piperidine rings is 1. The second-order valence-electron chi connectivity index (χ2n) is 6.99. The van der Waals surface area contributed by atoms with Gasteiger partial charge in [-0.15, -0.1) is 0 Å². The van der Waals surface area contributed by atoms with Gasteiger partial charge in [-0.3, -0.25) is 0 Å². The zero-order chi connectivity index (χ0) is 18.8. The van der Waals surface area contributed by atoms with Gasteiger partial charge in [-0.05, 0) is 36.8 Å². The van der Waals surface area contributed by atoms with Crippen LogP contribution in [0.5, 0.6) is 0 Å². The number of benzene rings is 1. The van der Waals surface area contributed by atoms with Gasteiger partial charge in [-0.2, -0.15) is 0 Å². The predicted octanol–water partition coefficient (Wildman–Crippen LogP) is 0.551. The van der Waals surface area contributed by atoms with Crippen LogP contribution in [-0.2, 0) is 10.0 Å². The molecular formula is C17H29N4O2S2+. The van der Waals surface area contributed by atoms with E-state index in [0.29, 0.717) is 11.2 Å². The van der Waals surface area contributed by atoms with Gasteiger partial charge in [0.2, 0.25) is 10.0 Å². The molecule has 1 aromatic rings. The van der Waals surface area contributed by atoms with Crippen molar-refractivity contribution < 1.29 is 13.3 Å². The maximum atomic E-state index is 12.3. The number of aryl methyl sites for hydroxylation is 1. The van der Waals surface area contributed by atoms with Crippen molar-refractivity contribution in [2.45, 2.75) is 30.7 Å². The molecule has 0 aromatic heterocycles. The van der Waals surface area contributed by atoms with Crippen molar-refractivity contribution in [1.82, 2.24) is 9.21 Å². The van der Waals surface area contributed by atoms with E-state index >= 15 is 0 Å². The first kappa shape index (κ1) is 20.1. The summed E-state index contributed by atoms with van der Waals surface area (Å²) in [4.78, 5) is 3.92. The number of nitrogens with zero attached hydrogens (tertiary/aromatic N) is 2. The smallest absolute Gasteiger partial charge is 0.242 e. The quantitative estimate of drug-likeness (QED) is 0.742. The lowest BCUT2D eigenvalue weighted by molar-refractivity contribution is -0.885. The third-order valence-electron chi connectivity index (χ3n) is 4.91. The van der Waals surface area contributed by atoms with E-state index < -0.39 is 10.0 Å². The minimum atomic E-state index is -3.47. The Bertz CT molecular complexity index is 726. The number of likely N-dealkylation sites (tertiary alicyclic amines) is 1. The molecular weight excluding hydrogens is 356 g/mol. The lowest BCUT2D eigenvalue weighted by atomic mass is 10.0. The van der Waals surface area contributed by atoms with E-state index in [-0.39, 0.29) is 4.90 Å². The standard InChI is InChI=1S/C17H28N4O2S2/c1-13-6-7-15(25(22,23)19(2)3)12-16(13)18-17(24)21(5)14-8-10-20(4)11-9-14/h6-7,12,14H,8-11H2,1-5H3,(H,18,24)/p+1. The number of hydrogen-bond acceptors (Lipinski definition) is 3. The zero-order valence-electron chi connectivity index (χ0n) is 15.7. The van der Waals surface area contributed by atoms with E-state index in [2.05, 4.69) is 17.3 Å². The van der Waals surface area contributed by atoms with E-state index in [1.54, 1.807) is 23.1 Å². The van der Waals surface area contributed by atoms with Gasteiger partial charge >= 0.3 is 0 Å². The minimum absolute atomic E-state index is 0.263. The Morgan fingerprint density at radius 3 is 2.40 bits per heavy atom. The molecule has 1 aliphatic heterocycles. The first-order valence-electron chi connectivity index (χ1n) is 8.51. The summed E-state index contributed by atoms with van der Waals surface area (Å²) in [6, 6.07) is 5.52.